The molecule has 1 fully saturated rings. The Hall–Kier alpha value is -2.28. The van der Waals surface area contributed by atoms with Gasteiger partial charge in [0.05, 0.1) is 7.11 Å². The standard InChI is InChI=1S/C18H20FN3O2S/c1-24-15-9-7-12(11-14(15)19)8-10-16(23)20-18-22-21-17(25-18)13-5-3-2-4-6-13/h7-11,13H,2-6H2,1H3,(H,20,22,23)/b10-8+. The number of methoxy groups -OCH3 is 1. The van der Waals surface area contributed by atoms with Gasteiger partial charge in [0.25, 0.3) is 0 Å². The molecule has 1 heterocycles. The van der Waals surface area contributed by atoms with Crippen LogP contribution >= 0.6 is 11.3 Å². The molecule has 1 N–H and O–H groups in total. The van der Waals surface area contributed by atoms with E-state index in [1.807, 2.05) is 0 Å². The van der Waals surface area contributed by atoms with Crippen molar-refractivity contribution in [1.82, 2.24) is 10.2 Å². The van der Waals surface area contributed by atoms with Crippen LogP contribution < -0.4 is 10.1 Å². The number of nitrogens with zero attached hydrogens (tertiary/aromatic N) is 2. The van der Waals surface area contributed by atoms with Crippen LogP contribution in [0.5, 0.6) is 5.75 Å². The zero-order valence-electron chi connectivity index (χ0n) is 14.0. The molecule has 0 atom stereocenters. The van der Waals surface area contributed by atoms with Crippen LogP contribution in [0.4, 0.5) is 9.52 Å². The van der Waals surface area contributed by atoms with Gasteiger partial charge in [-0.25, -0.2) is 4.39 Å². The molecule has 1 saturated carbocycles. The molecule has 0 aliphatic heterocycles. The number of halogens is 1. The van der Waals surface area contributed by atoms with Crippen molar-refractivity contribution in [2.45, 2.75) is 38.0 Å². The lowest BCUT2D eigenvalue weighted by Crippen LogP contribution is -2.07. The second-order valence-corrected chi connectivity index (χ2v) is 7.01. The van der Waals surface area contributed by atoms with E-state index in [0.717, 1.165) is 17.8 Å². The largest absolute Gasteiger partial charge is 0.494 e. The lowest BCUT2D eigenvalue weighted by atomic mass is 9.90. The molecule has 25 heavy (non-hydrogen) atoms. The number of rotatable bonds is 5. The maximum absolute atomic E-state index is 13.6. The Morgan fingerprint density at radius 2 is 2.12 bits per heavy atom. The Labute approximate surface area is 149 Å². The number of hydrogen-bond acceptors (Lipinski definition) is 5. The van der Waals surface area contributed by atoms with Crippen LogP contribution in [0, 0.1) is 5.82 Å². The summed E-state index contributed by atoms with van der Waals surface area (Å²) in [5.74, 6) is -0.144. The van der Waals surface area contributed by atoms with E-state index in [2.05, 4.69) is 15.5 Å². The van der Waals surface area contributed by atoms with Crippen LogP contribution in [0.15, 0.2) is 24.3 Å². The van der Waals surface area contributed by atoms with E-state index >= 15 is 0 Å². The van der Waals surface area contributed by atoms with Crippen molar-refractivity contribution >= 4 is 28.5 Å². The highest BCUT2D eigenvalue weighted by Gasteiger charge is 2.19. The van der Waals surface area contributed by atoms with Crippen molar-refractivity contribution in [2.75, 3.05) is 12.4 Å². The first-order valence-corrected chi connectivity index (χ1v) is 9.13. The second-order valence-electron chi connectivity index (χ2n) is 6.00. The SMILES string of the molecule is COc1ccc(/C=C/C(=O)Nc2nnc(C3CCCCC3)s2)cc1F. The maximum atomic E-state index is 13.6. The molecule has 0 saturated heterocycles. The zero-order chi connectivity index (χ0) is 17.6. The molecular formula is C18H20FN3O2S. The fourth-order valence-electron chi connectivity index (χ4n) is 2.90. The number of ether oxygens (including phenoxy) is 1. The van der Waals surface area contributed by atoms with E-state index in [4.69, 9.17) is 4.74 Å². The van der Waals surface area contributed by atoms with Gasteiger partial charge in [0.15, 0.2) is 11.6 Å². The monoisotopic (exact) mass is 361 g/mol. The van der Waals surface area contributed by atoms with Crippen molar-refractivity contribution < 1.29 is 13.9 Å². The fraction of sp³-hybridized carbons (Fsp3) is 0.389. The van der Waals surface area contributed by atoms with Crippen molar-refractivity contribution in [3.8, 4) is 5.75 Å². The number of hydrogen-bond donors (Lipinski definition) is 1. The third-order valence-corrected chi connectivity index (χ3v) is 5.23. The third kappa shape index (κ3) is 4.63. The maximum Gasteiger partial charge on any atom is 0.250 e. The van der Waals surface area contributed by atoms with Crippen LogP contribution in [0.3, 0.4) is 0 Å². The van der Waals surface area contributed by atoms with Crippen LogP contribution in [-0.4, -0.2) is 23.2 Å². The van der Waals surface area contributed by atoms with E-state index in [0.29, 0.717) is 16.6 Å². The molecule has 3 rings (SSSR count). The Balaban J connectivity index is 1.58. The smallest absolute Gasteiger partial charge is 0.250 e. The fourth-order valence-corrected chi connectivity index (χ4v) is 3.82. The van der Waals surface area contributed by atoms with Gasteiger partial charge in [-0.15, -0.1) is 10.2 Å². The van der Waals surface area contributed by atoms with Gasteiger partial charge < -0.3 is 4.74 Å². The van der Waals surface area contributed by atoms with Gasteiger partial charge in [0, 0.05) is 12.0 Å². The van der Waals surface area contributed by atoms with Gasteiger partial charge >= 0.3 is 0 Å². The summed E-state index contributed by atoms with van der Waals surface area (Å²) >= 11 is 1.43. The molecule has 0 unspecified atom stereocenters. The Kier molecular flexibility index (Phi) is 5.75. The van der Waals surface area contributed by atoms with Crippen molar-refractivity contribution in [3.63, 3.8) is 0 Å². The van der Waals surface area contributed by atoms with E-state index in [1.165, 1.54) is 55.9 Å². The van der Waals surface area contributed by atoms with Gasteiger partial charge in [0.2, 0.25) is 11.0 Å². The summed E-state index contributed by atoms with van der Waals surface area (Å²) < 4.78 is 18.5. The topological polar surface area (TPSA) is 64.1 Å². The van der Waals surface area contributed by atoms with Gasteiger partial charge in [0.1, 0.15) is 5.01 Å². The second kappa shape index (κ2) is 8.20. The van der Waals surface area contributed by atoms with Crippen LogP contribution in [0.1, 0.15) is 48.6 Å². The third-order valence-electron chi connectivity index (χ3n) is 4.23. The lowest BCUT2D eigenvalue weighted by molar-refractivity contribution is -0.111. The summed E-state index contributed by atoms with van der Waals surface area (Å²) in [5, 5.41) is 12.5. The van der Waals surface area contributed by atoms with Crippen LogP contribution in [-0.2, 0) is 4.79 Å². The van der Waals surface area contributed by atoms with Crippen LogP contribution in [0.25, 0.3) is 6.08 Å². The summed E-state index contributed by atoms with van der Waals surface area (Å²) in [6, 6.07) is 4.51. The highest BCUT2D eigenvalue weighted by atomic mass is 32.1. The summed E-state index contributed by atoms with van der Waals surface area (Å²) in [7, 11) is 1.41. The Bertz CT molecular complexity index is 769. The molecule has 1 aromatic carbocycles. The number of carbonyl (C=O) groups is 1. The Morgan fingerprint density at radius 3 is 2.84 bits per heavy atom. The zero-order valence-corrected chi connectivity index (χ0v) is 14.8. The molecule has 0 bridgehead atoms. The molecular weight excluding hydrogens is 341 g/mol. The number of anilines is 1. The average Bonchev–Trinajstić information content (AvgIpc) is 3.09. The summed E-state index contributed by atoms with van der Waals surface area (Å²) in [5.41, 5.74) is 0.577. The van der Waals surface area contributed by atoms with Gasteiger partial charge in [-0.05, 0) is 36.6 Å². The van der Waals surface area contributed by atoms with Crippen molar-refractivity contribution in [2.24, 2.45) is 0 Å². The van der Waals surface area contributed by atoms with Crippen LogP contribution in [0.2, 0.25) is 0 Å². The van der Waals surface area contributed by atoms with Gasteiger partial charge in [-0.3, -0.25) is 10.1 Å². The molecule has 1 aliphatic carbocycles. The van der Waals surface area contributed by atoms with E-state index in [-0.39, 0.29) is 11.7 Å². The average molecular weight is 361 g/mol. The Morgan fingerprint density at radius 1 is 1.32 bits per heavy atom. The van der Waals surface area contributed by atoms with Gasteiger partial charge in [-0.1, -0.05) is 36.7 Å². The number of amides is 1. The molecule has 2 aromatic rings. The summed E-state index contributed by atoms with van der Waals surface area (Å²) in [4.78, 5) is 12.0. The summed E-state index contributed by atoms with van der Waals surface area (Å²) in [6.45, 7) is 0. The molecule has 1 aromatic heterocycles. The highest BCUT2D eigenvalue weighted by Crippen LogP contribution is 2.35. The lowest BCUT2D eigenvalue weighted by Gasteiger charge is -2.18. The number of carbonyl (C=O) groups excluding carboxylic acids is 1. The highest BCUT2D eigenvalue weighted by molar-refractivity contribution is 7.15. The summed E-state index contributed by atoms with van der Waals surface area (Å²) in [6.07, 6.45) is 8.93. The van der Waals surface area contributed by atoms with Crippen molar-refractivity contribution in [1.29, 1.82) is 0 Å². The minimum atomic E-state index is -0.466. The number of nitrogens with one attached hydrogen (secondary N) is 1. The first-order chi connectivity index (χ1) is 12.2. The minimum absolute atomic E-state index is 0.172. The molecule has 132 valence electrons. The number of aromatic nitrogens is 2. The van der Waals surface area contributed by atoms with E-state index in [1.54, 1.807) is 12.1 Å². The van der Waals surface area contributed by atoms with E-state index < -0.39 is 5.82 Å². The molecule has 5 nitrogen and oxygen atoms in total. The molecule has 0 radical (unpaired) electrons. The molecule has 0 spiro atoms. The van der Waals surface area contributed by atoms with Gasteiger partial charge in [-0.2, -0.15) is 0 Å². The number of benzene rings is 1. The van der Waals surface area contributed by atoms with E-state index in [9.17, 15) is 9.18 Å². The minimum Gasteiger partial charge on any atom is -0.494 e. The molecule has 1 aliphatic rings. The first-order valence-electron chi connectivity index (χ1n) is 8.31. The predicted molar refractivity (Wildman–Crippen MR) is 96.4 cm³/mol. The quantitative estimate of drug-likeness (QED) is 0.803. The predicted octanol–water partition coefficient (Wildman–Crippen LogP) is 4.39. The molecule has 7 heteroatoms. The first kappa shape index (κ1) is 17.5. The molecule has 1 amide bonds. The normalized spacial score (nSPS) is 15.4. The van der Waals surface area contributed by atoms with Crippen molar-refractivity contribution in [3.05, 3.63) is 40.7 Å².